The third-order valence-corrected chi connectivity index (χ3v) is 4.73. The molecule has 2 aromatic carbocycles. The fourth-order valence-electron chi connectivity index (χ4n) is 3.34. The van der Waals surface area contributed by atoms with Gasteiger partial charge >= 0.3 is 0 Å². The van der Waals surface area contributed by atoms with Crippen molar-refractivity contribution < 1.29 is 13.9 Å². The van der Waals surface area contributed by atoms with Crippen molar-refractivity contribution in [3.8, 4) is 5.75 Å². The fourth-order valence-corrected chi connectivity index (χ4v) is 3.34. The van der Waals surface area contributed by atoms with Gasteiger partial charge in [-0.1, -0.05) is 24.3 Å². The second-order valence-corrected chi connectivity index (χ2v) is 6.51. The van der Waals surface area contributed by atoms with E-state index in [0.29, 0.717) is 42.5 Å². The number of carbonyl (C=O) groups excluding carboxylic acids is 1. The molecule has 1 aliphatic rings. The summed E-state index contributed by atoms with van der Waals surface area (Å²) in [5, 5.41) is 7.36. The molecule has 1 fully saturated rings. The van der Waals surface area contributed by atoms with Crippen molar-refractivity contribution >= 4 is 16.7 Å². The maximum atomic E-state index is 13.3. The smallest absolute Gasteiger partial charge is 0.274 e. The number of H-pyrrole nitrogens is 1. The second kappa shape index (κ2) is 7.19. The fraction of sp³-hybridized carbons (Fsp3) is 0.250. The summed E-state index contributed by atoms with van der Waals surface area (Å²) in [6, 6.07) is 13.0. The van der Waals surface area contributed by atoms with Gasteiger partial charge in [0, 0.05) is 37.4 Å². The number of rotatable bonds is 3. The molecule has 1 saturated heterocycles. The normalized spacial score (nSPS) is 15.1. The lowest BCUT2D eigenvalue weighted by atomic mass is 10.1. The molecule has 0 saturated carbocycles. The van der Waals surface area contributed by atoms with Crippen molar-refractivity contribution in [2.75, 3.05) is 13.1 Å². The zero-order valence-electron chi connectivity index (χ0n) is 14.5. The lowest BCUT2D eigenvalue weighted by Crippen LogP contribution is -2.42. The molecule has 1 aromatic heterocycles. The molecule has 138 valence electrons. The maximum Gasteiger partial charge on any atom is 0.274 e. The first-order valence-electron chi connectivity index (χ1n) is 8.81. The lowest BCUT2D eigenvalue weighted by molar-refractivity contribution is 0.0590. The van der Waals surface area contributed by atoms with Crippen molar-refractivity contribution in [2.45, 2.75) is 18.9 Å². The van der Waals surface area contributed by atoms with E-state index in [2.05, 4.69) is 10.2 Å². The van der Waals surface area contributed by atoms with Crippen molar-refractivity contribution in [1.29, 1.82) is 0 Å². The van der Waals surface area contributed by atoms with Crippen LogP contribution in [0.4, 0.5) is 4.39 Å². The minimum absolute atomic E-state index is 0.0730. The van der Waals surface area contributed by atoms with Crippen LogP contribution in [-0.2, 0) is 0 Å². The van der Waals surface area contributed by atoms with Crippen LogP contribution >= 0.6 is 0 Å². The molecule has 0 aliphatic carbocycles. The maximum absolute atomic E-state index is 13.3. The average Bonchev–Trinajstić information content (AvgIpc) is 2.69. The number of nitrogens with one attached hydrogen (secondary N) is 1. The zero-order chi connectivity index (χ0) is 18.8. The zero-order valence-corrected chi connectivity index (χ0v) is 14.5. The third-order valence-electron chi connectivity index (χ3n) is 4.73. The van der Waals surface area contributed by atoms with E-state index >= 15 is 0 Å². The van der Waals surface area contributed by atoms with Crippen LogP contribution in [0.25, 0.3) is 10.8 Å². The largest absolute Gasteiger partial charge is 0.490 e. The highest BCUT2D eigenvalue weighted by atomic mass is 19.1. The number of ether oxygens (including phenoxy) is 1. The van der Waals surface area contributed by atoms with Gasteiger partial charge in [-0.15, -0.1) is 0 Å². The SMILES string of the molecule is O=C(c1n[nH]c(=O)c2ccccc12)N1CCC(Oc2cccc(F)c2)CC1. The highest BCUT2D eigenvalue weighted by molar-refractivity contribution is 6.04. The number of amides is 1. The molecular weight excluding hydrogens is 349 g/mol. The van der Waals surface area contributed by atoms with E-state index in [9.17, 15) is 14.0 Å². The molecule has 0 unspecified atom stereocenters. The molecule has 2 heterocycles. The topological polar surface area (TPSA) is 75.3 Å². The first kappa shape index (κ1) is 17.2. The Hall–Kier alpha value is -3.22. The van der Waals surface area contributed by atoms with Crippen molar-refractivity contribution in [2.24, 2.45) is 0 Å². The van der Waals surface area contributed by atoms with Crippen LogP contribution in [0.15, 0.2) is 53.3 Å². The average molecular weight is 367 g/mol. The Morgan fingerprint density at radius 2 is 1.85 bits per heavy atom. The molecule has 4 rings (SSSR count). The van der Waals surface area contributed by atoms with Crippen molar-refractivity contribution in [3.05, 3.63) is 70.4 Å². The van der Waals surface area contributed by atoms with Crippen molar-refractivity contribution in [3.63, 3.8) is 0 Å². The van der Waals surface area contributed by atoms with E-state index in [4.69, 9.17) is 4.74 Å². The summed E-state index contributed by atoms with van der Waals surface area (Å²) in [7, 11) is 0. The summed E-state index contributed by atoms with van der Waals surface area (Å²) in [6.45, 7) is 1.02. The van der Waals surface area contributed by atoms with Crippen LogP contribution in [0.5, 0.6) is 5.75 Å². The Bertz CT molecular complexity index is 1040. The Balaban J connectivity index is 1.46. The third kappa shape index (κ3) is 3.53. The summed E-state index contributed by atoms with van der Waals surface area (Å²) in [4.78, 5) is 26.5. The molecule has 0 bridgehead atoms. The molecule has 3 aromatic rings. The molecule has 1 amide bonds. The molecule has 0 radical (unpaired) electrons. The van der Waals surface area contributed by atoms with E-state index in [1.165, 1.54) is 12.1 Å². The van der Waals surface area contributed by atoms with Crippen LogP contribution in [0.3, 0.4) is 0 Å². The van der Waals surface area contributed by atoms with Crippen LogP contribution < -0.4 is 10.3 Å². The quantitative estimate of drug-likeness (QED) is 0.772. The van der Waals surface area contributed by atoms with Gasteiger partial charge in [0.25, 0.3) is 11.5 Å². The van der Waals surface area contributed by atoms with Crippen LogP contribution in [0, 0.1) is 5.82 Å². The van der Waals surface area contributed by atoms with Gasteiger partial charge in [0.2, 0.25) is 0 Å². The molecule has 0 atom stereocenters. The predicted molar refractivity (Wildman–Crippen MR) is 98.3 cm³/mol. The van der Waals surface area contributed by atoms with Gasteiger partial charge < -0.3 is 9.64 Å². The van der Waals surface area contributed by atoms with Gasteiger partial charge in [-0.05, 0) is 18.2 Å². The predicted octanol–water partition coefficient (Wildman–Crippen LogP) is 2.75. The summed E-state index contributed by atoms with van der Waals surface area (Å²) in [5.41, 5.74) is -0.0703. The minimum atomic E-state index is -0.337. The Morgan fingerprint density at radius 1 is 1.11 bits per heavy atom. The Kier molecular flexibility index (Phi) is 4.58. The van der Waals surface area contributed by atoms with E-state index < -0.39 is 0 Å². The molecule has 6 nitrogen and oxygen atoms in total. The van der Waals surface area contributed by atoms with Gasteiger partial charge in [0.15, 0.2) is 5.69 Å². The summed E-state index contributed by atoms with van der Waals surface area (Å²) < 4.78 is 19.1. The molecule has 27 heavy (non-hydrogen) atoms. The number of hydrogen-bond acceptors (Lipinski definition) is 4. The Labute approximate surface area is 154 Å². The molecular formula is C20H18FN3O3. The van der Waals surface area contributed by atoms with Crippen molar-refractivity contribution in [1.82, 2.24) is 15.1 Å². The number of hydrogen-bond donors (Lipinski definition) is 1. The van der Waals surface area contributed by atoms with Crippen LogP contribution in [0.2, 0.25) is 0 Å². The van der Waals surface area contributed by atoms with Gasteiger partial charge in [-0.3, -0.25) is 9.59 Å². The summed E-state index contributed by atoms with van der Waals surface area (Å²) in [6.07, 6.45) is 1.21. The molecule has 1 N–H and O–H groups in total. The Morgan fingerprint density at radius 3 is 2.59 bits per heavy atom. The monoisotopic (exact) mass is 367 g/mol. The number of fused-ring (bicyclic) bond motifs is 1. The minimum Gasteiger partial charge on any atom is -0.490 e. The first-order chi connectivity index (χ1) is 13.1. The highest BCUT2D eigenvalue weighted by Gasteiger charge is 2.27. The van der Waals surface area contributed by atoms with E-state index in [0.717, 1.165) is 0 Å². The van der Waals surface area contributed by atoms with Gasteiger partial charge in [-0.25, -0.2) is 9.49 Å². The van der Waals surface area contributed by atoms with E-state index in [1.54, 1.807) is 41.3 Å². The van der Waals surface area contributed by atoms with Gasteiger partial charge in [0.05, 0.1) is 5.39 Å². The number of aromatic nitrogens is 2. The highest BCUT2D eigenvalue weighted by Crippen LogP contribution is 2.22. The van der Waals surface area contributed by atoms with Gasteiger partial charge in [-0.2, -0.15) is 5.10 Å². The lowest BCUT2D eigenvalue weighted by Gasteiger charge is -2.32. The first-order valence-corrected chi connectivity index (χ1v) is 8.81. The van der Waals surface area contributed by atoms with Crippen LogP contribution in [-0.4, -0.2) is 40.2 Å². The van der Waals surface area contributed by atoms with E-state index in [1.807, 2.05) is 0 Å². The number of piperidine rings is 1. The standard InChI is InChI=1S/C20H18FN3O3/c21-13-4-3-5-15(12-13)27-14-8-10-24(11-9-14)20(26)18-16-6-1-2-7-17(16)19(25)23-22-18/h1-7,12,14H,8-11H2,(H,23,25). The summed E-state index contributed by atoms with van der Waals surface area (Å²) >= 11 is 0. The van der Waals surface area contributed by atoms with Crippen LogP contribution in [0.1, 0.15) is 23.3 Å². The van der Waals surface area contributed by atoms with Gasteiger partial charge in [0.1, 0.15) is 17.7 Å². The molecule has 7 heteroatoms. The summed E-state index contributed by atoms with van der Waals surface area (Å²) in [5.74, 6) is -0.0594. The number of nitrogens with zero attached hydrogens (tertiary/aromatic N) is 2. The number of likely N-dealkylation sites (tertiary alicyclic amines) is 1. The molecule has 0 spiro atoms. The number of halogens is 1. The number of benzene rings is 2. The van der Waals surface area contributed by atoms with E-state index in [-0.39, 0.29) is 29.1 Å². The number of carbonyl (C=O) groups is 1. The molecule has 1 aliphatic heterocycles. The number of aromatic amines is 1. The second-order valence-electron chi connectivity index (χ2n) is 6.51.